The Morgan fingerprint density at radius 3 is 2.57 bits per heavy atom. The number of methoxy groups -OCH3 is 1. The van der Waals surface area contributed by atoms with Crippen molar-refractivity contribution in [1.29, 1.82) is 5.26 Å². The summed E-state index contributed by atoms with van der Waals surface area (Å²) in [6.45, 7) is 7.64. The highest BCUT2D eigenvalue weighted by atomic mass is 16.5. The van der Waals surface area contributed by atoms with E-state index in [1.807, 2.05) is 39.0 Å². The van der Waals surface area contributed by atoms with E-state index >= 15 is 0 Å². The van der Waals surface area contributed by atoms with Gasteiger partial charge >= 0.3 is 5.97 Å². The molecule has 0 atom stereocenters. The van der Waals surface area contributed by atoms with Gasteiger partial charge in [0.15, 0.2) is 0 Å². The van der Waals surface area contributed by atoms with E-state index in [2.05, 4.69) is 16.1 Å². The third-order valence-electron chi connectivity index (χ3n) is 6.91. The van der Waals surface area contributed by atoms with Crippen molar-refractivity contribution in [2.75, 3.05) is 31.7 Å². The summed E-state index contributed by atoms with van der Waals surface area (Å²) >= 11 is 0. The summed E-state index contributed by atoms with van der Waals surface area (Å²) in [5.74, 6) is 1.51. The standard InChI is InChI=1S/C28H33N5O4/c1-5-37-23-13-24(26-21(15-29)17-31-33(26)18-23)20-6-7-25(30-16-20)32-10-8-28(9-11-32,27(35)36-4)14-22(34)12-19(2)3/h6-7,13,16-19H,5,8-12,14H2,1-4H3. The number of esters is 1. The largest absolute Gasteiger partial charge is 0.492 e. The molecule has 0 spiro atoms. The zero-order chi connectivity index (χ0) is 26.6. The van der Waals surface area contributed by atoms with Crippen molar-refractivity contribution >= 4 is 23.1 Å². The fraction of sp³-hybridized carbons (Fsp3) is 0.464. The number of ketones is 1. The molecule has 3 aromatic rings. The van der Waals surface area contributed by atoms with Crippen LogP contribution in [0.2, 0.25) is 0 Å². The van der Waals surface area contributed by atoms with Crippen molar-refractivity contribution in [3.63, 3.8) is 0 Å². The van der Waals surface area contributed by atoms with Gasteiger partial charge in [0.25, 0.3) is 0 Å². The van der Waals surface area contributed by atoms with Gasteiger partial charge in [0.1, 0.15) is 23.4 Å². The van der Waals surface area contributed by atoms with Crippen LogP contribution in [0, 0.1) is 22.7 Å². The second-order valence-electron chi connectivity index (χ2n) is 9.96. The number of carbonyl (C=O) groups is 2. The summed E-state index contributed by atoms with van der Waals surface area (Å²) in [6, 6.07) is 8.02. The molecule has 1 fully saturated rings. The first-order valence-corrected chi connectivity index (χ1v) is 12.7. The van der Waals surface area contributed by atoms with E-state index in [4.69, 9.17) is 14.5 Å². The number of anilines is 1. The summed E-state index contributed by atoms with van der Waals surface area (Å²) in [6.07, 6.45) is 6.84. The van der Waals surface area contributed by atoms with Crippen molar-refractivity contribution in [3.8, 4) is 22.9 Å². The van der Waals surface area contributed by atoms with Crippen molar-refractivity contribution in [3.05, 3.63) is 42.4 Å². The second-order valence-corrected chi connectivity index (χ2v) is 9.96. The highest BCUT2D eigenvalue weighted by molar-refractivity contribution is 5.87. The molecular formula is C28H33N5O4. The molecule has 1 aliphatic rings. The molecule has 4 rings (SSSR count). The molecule has 37 heavy (non-hydrogen) atoms. The number of piperidine rings is 1. The minimum absolute atomic E-state index is 0.105. The third kappa shape index (κ3) is 5.43. The smallest absolute Gasteiger partial charge is 0.312 e. The van der Waals surface area contributed by atoms with Gasteiger partial charge in [0, 0.05) is 43.3 Å². The van der Waals surface area contributed by atoms with Gasteiger partial charge < -0.3 is 14.4 Å². The molecule has 1 aliphatic heterocycles. The maximum atomic E-state index is 12.7. The van der Waals surface area contributed by atoms with E-state index in [0.29, 0.717) is 55.8 Å². The van der Waals surface area contributed by atoms with Crippen LogP contribution in [-0.4, -0.2) is 53.2 Å². The van der Waals surface area contributed by atoms with Gasteiger partial charge in [-0.3, -0.25) is 9.59 Å². The fourth-order valence-electron chi connectivity index (χ4n) is 5.12. The summed E-state index contributed by atoms with van der Waals surface area (Å²) in [5.41, 5.74) is 2.05. The highest BCUT2D eigenvalue weighted by Crippen LogP contribution is 2.39. The molecule has 0 amide bonds. The van der Waals surface area contributed by atoms with Gasteiger partial charge in [-0.1, -0.05) is 13.8 Å². The number of carbonyl (C=O) groups excluding carboxylic acids is 2. The molecule has 1 saturated heterocycles. The number of hydrogen-bond acceptors (Lipinski definition) is 8. The van der Waals surface area contributed by atoms with Crippen molar-refractivity contribution in [2.24, 2.45) is 11.3 Å². The number of pyridine rings is 2. The topological polar surface area (TPSA) is 110 Å². The Morgan fingerprint density at radius 2 is 1.97 bits per heavy atom. The van der Waals surface area contributed by atoms with Crippen LogP contribution in [-0.2, 0) is 14.3 Å². The Morgan fingerprint density at radius 1 is 1.22 bits per heavy atom. The average molecular weight is 504 g/mol. The summed E-state index contributed by atoms with van der Waals surface area (Å²) < 4.78 is 12.5. The van der Waals surface area contributed by atoms with Crippen LogP contribution in [0.4, 0.5) is 5.82 Å². The van der Waals surface area contributed by atoms with E-state index < -0.39 is 5.41 Å². The van der Waals surface area contributed by atoms with E-state index in [-0.39, 0.29) is 24.1 Å². The highest BCUT2D eigenvalue weighted by Gasteiger charge is 2.44. The molecule has 0 aliphatic carbocycles. The SMILES string of the molecule is CCOc1cc(-c2ccc(N3CCC(CC(=O)CC(C)C)(C(=O)OC)CC3)nc2)c2c(C#N)cnn2c1. The molecule has 0 radical (unpaired) electrons. The Kier molecular flexibility index (Phi) is 7.77. The zero-order valence-electron chi connectivity index (χ0n) is 21.9. The van der Waals surface area contributed by atoms with Crippen LogP contribution in [0.3, 0.4) is 0 Å². The molecule has 9 nitrogen and oxygen atoms in total. The number of Topliss-reactive ketones (excluding diaryl/α,β-unsaturated/α-hetero) is 1. The number of ether oxygens (including phenoxy) is 2. The lowest BCUT2D eigenvalue weighted by Crippen LogP contribution is -2.46. The number of nitrogens with zero attached hydrogens (tertiary/aromatic N) is 5. The zero-order valence-corrected chi connectivity index (χ0v) is 21.9. The molecule has 0 unspecified atom stereocenters. The second kappa shape index (κ2) is 11.0. The van der Waals surface area contributed by atoms with Gasteiger partial charge in [-0.2, -0.15) is 10.4 Å². The Balaban J connectivity index is 1.55. The summed E-state index contributed by atoms with van der Waals surface area (Å²) in [5, 5.41) is 13.9. The minimum Gasteiger partial charge on any atom is -0.492 e. The molecular weight excluding hydrogens is 470 g/mol. The lowest BCUT2D eigenvalue weighted by molar-refractivity contribution is -0.156. The molecule has 0 aromatic carbocycles. The maximum absolute atomic E-state index is 12.7. The molecule has 9 heteroatoms. The van der Waals surface area contributed by atoms with Gasteiger partial charge in [-0.25, -0.2) is 9.50 Å². The minimum atomic E-state index is -0.780. The maximum Gasteiger partial charge on any atom is 0.312 e. The first kappa shape index (κ1) is 26.1. The van der Waals surface area contributed by atoms with E-state index in [1.54, 1.807) is 23.1 Å². The van der Waals surface area contributed by atoms with Crippen molar-refractivity contribution < 1.29 is 19.1 Å². The molecule has 0 saturated carbocycles. The van der Waals surface area contributed by atoms with Gasteiger partial charge in [-0.15, -0.1) is 0 Å². The van der Waals surface area contributed by atoms with Crippen molar-refractivity contribution in [1.82, 2.24) is 14.6 Å². The number of aromatic nitrogens is 3. The molecule has 4 heterocycles. The predicted molar refractivity (Wildman–Crippen MR) is 139 cm³/mol. The van der Waals surface area contributed by atoms with Crippen LogP contribution < -0.4 is 9.64 Å². The van der Waals surface area contributed by atoms with Crippen LogP contribution in [0.15, 0.2) is 36.8 Å². The molecule has 0 N–H and O–H groups in total. The van der Waals surface area contributed by atoms with Gasteiger partial charge in [-0.05, 0) is 43.9 Å². The number of nitriles is 1. The lowest BCUT2D eigenvalue weighted by Gasteiger charge is -2.40. The predicted octanol–water partition coefficient (Wildman–Crippen LogP) is 4.43. The van der Waals surface area contributed by atoms with E-state index in [9.17, 15) is 14.9 Å². The monoisotopic (exact) mass is 503 g/mol. The quantitative estimate of drug-likeness (QED) is 0.395. The summed E-state index contributed by atoms with van der Waals surface area (Å²) in [7, 11) is 1.39. The average Bonchev–Trinajstić information content (AvgIpc) is 3.31. The summed E-state index contributed by atoms with van der Waals surface area (Å²) in [4.78, 5) is 32.1. The Hall–Kier alpha value is -3.93. The van der Waals surface area contributed by atoms with E-state index in [1.165, 1.54) is 7.11 Å². The normalized spacial score (nSPS) is 15.0. The Labute approximate surface area is 217 Å². The van der Waals surface area contributed by atoms with Crippen LogP contribution in [0.1, 0.15) is 52.0 Å². The van der Waals surface area contributed by atoms with Gasteiger partial charge in [0.2, 0.25) is 0 Å². The lowest BCUT2D eigenvalue weighted by atomic mass is 9.73. The number of fused-ring (bicyclic) bond motifs is 1. The molecule has 194 valence electrons. The van der Waals surface area contributed by atoms with Crippen molar-refractivity contribution in [2.45, 2.75) is 46.5 Å². The Bertz CT molecular complexity index is 1310. The van der Waals surface area contributed by atoms with Gasteiger partial charge in [0.05, 0.1) is 42.6 Å². The van der Waals surface area contributed by atoms with Crippen LogP contribution >= 0.6 is 0 Å². The number of rotatable bonds is 9. The molecule has 3 aromatic heterocycles. The van der Waals surface area contributed by atoms with Crippen LogP contribution in [0.5, 0.6) is 5.75 Å². The number of hydrogen-bond donors (Lipinski definition) is 0. The third-order valence-corrected chi connectivity index (χ3v) is 6.91. The van der Waals surface area contributed by atoms with E-state index in [0.717, 1.165) is 16.9 Å². The molecule has 0 bridgehead atoms. The van der Waals surface area contributed by atoms with Crippen LogP contribution in [0.25, 0.3) is 16.6 Å². The fourth-order valence-corrected chi connectivity index (χ4v) is 5.12. The first-order valence-electron chi connectivity index (χ1n) is 12.7. The first-order chi connectivity index (χ1) is 17.8.